The van der Waals surface area contributed by atoms with Gasteiger partial charge in [0.1, 0.15) is 0 Å². The van der Waals surface area contributed by atoms with Gasteiger partial charge in [0.2, 0.25) is 5.91 Å². The zero-order valence-electron chi connectivity index (χ0n) is 17.3. The van der Waals surface area contributed by atoms with Crippen LogP contribution >= 0.6 is 24.0 Å². The molecule has 0 aliphatic rings. The third kappa shape index (κ3) is 10.5. The second-order valence-electron chi connectivity index (χ2n) is 6.34. The summed E-state index contributed by atoms with van der Waals surface area (Å²) in [5.74, 6) is 0.627. The number of guanidine groups is 1. The SMILES string of the molecule is CCNC(=NCCC(=O)NC(C)CC)NCCc1cccc(C(=O)NC)c1.I. The van der Waals surface area contributed by atoms with Crippen molar-refractivity contribution in [2.75, 3.05) is 26.7 Å². The maximum Gasteiger partial charge on any atom is 0.251 e. The van der Waals surface area contributed by atoms with Crippen LogP contribution in [0.1, 0.15) is 49.5 Å². The number of benzene rings is 1. The molecule has 1 atom stereocenters. The minimum absolute atomic E-state index is 0. The number of nitrogens with zero attached hydrogens (tertiary/aromatic N) is 1. The number of rotatable bonds is 10. The van der Waals surface area contributed by atoms with Crippen molar-refractivity contribution in [3.63, 3.8) is 0 Å². The van der Waals surface area contributed by atoms with E-state index in [2.05, 4.69) is 26.3 Å². The fourth-order valence-electron chi connectivity index (χ4n) is 2.40. The van der Waals surface area contributed by atoms with Gasteiger partial charge < -0.3 is 21.3 Å². The summed E-state index contributed by atoms with van der Waals surface area (Å²) in [6.07, 6.45) is 2.05. The van der Waals surface area contributed by atoms with Crippen LogP contribution in [0.2, 0.25) is 0 Å². The Balaban J connectivity index is 0.00000729. The minimum Gasteiger partial charge on any atom is -0.357 e. The fourth-order valence-corrected chi connectivity index (χ4v) is 2.40. The van der Waals surface area contributed by atoms with Crippen LogP contribution in [0.3, 0.4) is 0 Å². The topological polar surface area (TPSA) is 94.6 Å². The maximum atomic E-state index is 11.8. The summed E-state index contributed by atoms with van der Waals surface area (Å²) in [4.78, 5) is 28.0. The third-order valence-corrected chi connectivity index (χ3v) is 4.10. The molecule has 1 unspecified atom stereocenters. The van der Waals surface area contributed by atoms with Crippen LogP contribution in [0.25, 0.3) is 0 Å². The van der Waals surface area contributed by atoms with Gasteiger partial charge in [0.25, 0.3) is 5.91 Å². The predicted octanol–water partition coefficient (Wildman–Crippen LogP) is 2.07. The van der Waals surface area contributed by atoms with E-state index < -0.39 is 0 Å². The molecule has 7 nitrogen and oxygen atoms in total. The maximum absolute atomic E-state index is 11.8. The van der Waals surface area contributed by atoms with Gasteiger partial charge in [-0.15, -0.1) is 24.0 Å². The Kier molecular flexibility index (Phi) is 14.1. The van der Waals surface area contributed by atoms with Gasteiger partial charge in [-0.25, -0.2) is 0 Å². The summed E-state index contributed by atoms with van der Waals surface area (Å²) >= 11 is 0. The van der Waals surface area contributed by atoms with E-state index in [9.17, 15) is 9.59 Å². The van der Waals surface area contributed by atoms with Crippen LogP contribution < -0.4 is 21.3 Å². The van der Waals surface area contributed by atoms with Crippen LogP contribution in [0.5, 0.6) is 0 Å². The molecule has 0 fully saturated rings. The third-order valence-electron chi connectivity index (χ3n) is 4.10. The molecule has 0 heterocycles. The Hall–Kier alpha value is -1.84. The van der Waals surface area contributed by atoms with Gasteiger partial charge in [0, 0.05) is 38.2 Å². The number of carbonyl (C=O) groups excluding carboxylic acids is 2. The highest BCUT2D eigenvalue weighted by Crippen LogP contribution is 2.05. The first-order valence-corrected chi connectivity index (χ1v) is 9.62. The number of hydrogen-bond acceptors (Lipinski definition) is 3. The van der Waals surface area contributed by atoms with Gasteiger partial charge in [-0.2, -0.15) is 0 Å². The Morgan fingerprint density at radius 3 is 2.57 bits per heavy atom. The van der Waals surface area contributed by atoms with Gasteiger partial charge in [0.05, 0.1) is 6.54 Å². The van der Waals surface area contributed by atoms with E-state index in [1.54, 1.807) is 13.1 Å². The van der Waals surface area contributed by atoms with Crippen molar-refractivity contribution in [1.29, 1.82) is 0 Å². The molecule has 28 heavy (non-hydrogen) atoms. The second kappa shape index (κ2) is 15.1. The first-order valence-electron chi connectivity index (χ1n) is 9.62. The molecule has 0 bridgehead atoms. The molecule has 158 valence electrons. The molecule has 1 rings (SSSR count). The normalized spacial score (nSPS) is 11.8. The van der Waals surface area contributed by atoms with Crippen molar-refractivity contribution in [3.05, 3.63) is 35.4 Å². The van der Waals surface area contributed by atoms with E-state index in [-0.39, 0.29) is 41.8 Å². The minimum atomic E-state index is -0.0876. The van der Waals surface area contributed by atoms with Crippen molar-refractivity contribution in [2.24, 2.45) is 4.99 Å². The number of aliphatic imine (C=N–C) groups is 1. The molecule has 8 heteroatoms. The summed E-state index contributed by atoms with van der Waals surface area (Å²) < 4.78 is 0. The molecule has 0 aliphatic carbocycles. The Morgan fingerprint density at radius 1 is 1.18 bits per heavy atom. The van der Waals surface area contributed by atoms with Crippen LogP contribution in [-0.2, 0) is 11.2 Å². The van der Waals surface area contributed by atoms with Crippen LogP contribution in [0, 0.1) is 0 Å². The molecule has 0 saturated carbocycles. The average molecular weight is 503 g/mol. The lowest BCUT2D eigenvalue weighted by Crippen LogP contribution is -2.38. The molecule has 0 radical (unpaired) electrons. The molecule has 1 aromatic carbocycles. The Morgan fingerprint density at radius 2 is 1.93 bits per heavy atom. The van der Waals surface area contributed by atoms with E-state index in [0.29, 0.717) is 31.0 Å². The fraction of sp³-hybridized carbons (Fsp3) is 0.550. The van der Waals surface area contributed by atoms with E-state index in [0.717, 1.165) is 24.9 Å². The van der Waals surface area contributed by atoms with Crippen molar-refractivity contribution in [3.8, 4) is 0 Å². The summed E-state index contributed by atoms with van der Waals surface area (Å²) in [6, 6.07) is 7.76. The molecule has 0 spiro atoms. The lowest BCUT2D eigenvalue weighted by molar-refractivity contribution is -0.121. The quantitative estimate of drug-likeness (QED) is 0.224. The average Bonchev–Trinajstić information content (AvgIpc) is 2.67. The lowest BCUT2D eigenvalue weighted by Gasteiger charge is -2.13. The highest BCUT2D eigenvalue weighted by molar-refractivity contribution is 14.0. The highest BCUT2D eigenvalue weighted by Gasteiger charge is 2.06. The van der Waals surface area contributed by atoms with Gasteiger partial charge in [-0.05, 0) is 44.4 Å². The molecule has 2 amide bonds. The van der Waals surface area contributed by atoms with Crippen LogP contribution in [-0.4, -0.2) is 50.5 Å². The zero-order chi connectivity index (χ0) is 20.1. The molecule has 1 aromatic rings. The lowest BCUT2D eigenvalue weighted by atomic mass is 10.1. The highest BCUT2D eigenvalue weighted by atomic mass is 127. The number of carbonyl (C=O) groups is 2. The number of hydrogen-bond donors (Lipinski definition) is 4. The van der Waals surface area contributed by atoms with Crippen LogP contribution in [0.15, 0.2) is 29.3 Å². The summed E-state index contributed by atoms with van der Waals surface area (Å²) in [6.45, 7) is 7.90. The van der Waals surface area contributed by atoms with Gasteiger partial charge in [0.15, 0.2) is 5.96 Å². The molecular weight excluding hydrogens is 469 g/mol. The van der Waals surface area contributed by atoms with E-state index in [4.69, 9.17) is 0 Å². The predicted molar refractivity (Wildman–Crippen MR) is 125 cm³/mol. The number of amides is 2. The number of halogens is 1. The van der Waals surface area contributed by atoms with E-state index in [1.807, 2.05) is 39.0 Å². The molecule has 0 aliphatic heterocycles. The summed E-state index contributed by atoms with van der Waals surface area (Å²) in [5, 5.41) is 12.0. The van der Waals surface area contributed by atoms with Crippen molar-refractivity contribution in [2.45, 2.75) is 46.1 Å². The van der Waals surface area contributed by atoms with Crippen LogP contribution in [0.4, 0.5) is 0 Å². The summed E-state index contributed by atoms with van der Waals surface area (Å²) in [7, 11) is 1.62. The molecule has 0 aromatic heterocycles. The van der Waals surface area contributed by atoms with Crippen molar-refractivity contribution in [1.82, 2.24) is 21.3 Å². The van der Waals surface area contributed by atoms with Gasteiger partial charge in [-0.3, -0.25) is 14.6 Å². The first kappa shape index (κ1) is 26.2. The molecular formula is C20H34IN5O2. The van der Waals surface area contributed by atoms with Gasteiger partial charge in [-0.1, -0.05) is 19.1 Å². The zero-order valence-corrected chi connectivity index (χ0v) is 19.6. The largest absolute Gasteiger partial charge is 0.357 e. The monoisotopic (exact) mass is 503 g/mol. The Bertz CT molecular complexity index is 637. The second-order valence-corrected chi connectivity index (χ2v) is 6.34. The van der Waals surface area contributed by atoms with Crippen molar-refractivity contribution < 1.29 is 9.59 Å². The van der Waals surface area contributed by atoms with E-state index >= 15 is 0 Å². The molecule has 4 N–H and O–H groups in total. The smallest absolute Gasteiger partial charge is 0.251 e. The van der Waals surface area contributed by atoms with Crippen molar-refractivity contribution >= 4 is 41.8 Å². The first-order chi connectivity index (χ1) is 13.0. The van der Waals surface area contributed by atoms with E-state index in [1.165, 1.54) is 0 Å². The number of nitrogens with one attached hydrogen (secondary N) is 4. The molecule has 0 saturated heterocycles. The Labute approximate surface area is 185 Å². The van der Waals surface area contributed by atoms with Gasteiger partial charge >= 0.3 is 0 Å². The summed E-state index contributed by atoms with van der Waals surface area (Å²) in [5.41, 5.74) is 1.73. The standard InChI is InChI=1S/C20H33N5O2.HI/c1-5-15(3)25-18(26)11-13-24-20(22-6-2)23-12-10-16-8-7-9-17(14-16)19(27)21-4;/h7-9,14-15H,5-6,10-13H2,1-4H3,(H,21,27)(H,25,26)(H2,22,23,24);1H.